The number of imide groups is 1. The van der Waals surface area contributed by atoms with Gasteiger partial charge in [0.2, 0.25) is 0 Å². The fraction of sp³-hybridized carbons (Fsp3) is 0.0800. The fourth-order valence-electron chi connectivity index (χ4n) is 3.36. The van der Waals surface area contributed by atoms with Crippen LogP contribution in [0.1, 0.15) is 0 Å². The maximum atomic E-state index is 13.7. The number of nitrogens with zero attached hydrogens (tertiary/aromatic N) is 1. The number of aromatic nitrogens is 1. The first kappa shape index (κ1) is 25.0. The highest BCUT2D eigenvalue weighted by Crippen LogP contribution is 2.38. The van der Waals surface area contributed by atoms with Gasteiger partial charge in [-0.3, -0.25) is 10.3 Å². The number of para-hydroxylation sites is 1. The SMILES string of the molecule is COc1cc2nccc(Oc3ccc(NC(=O)NC(=O)Nc4c(F)cccc4F)c(O)c3)c2cc1OC. The lowest BCUT2D eigenvalue weighted by Gasteiger charge is -2.13. The summed E-state index contributed by atoms with van der Waals surface area (Å²) in [5.41, 5.74) is -0.180. The van der Waals surface area contributed by atoms with Crippen molar-refractivity contribution in [1.29, 1.82) is 0 Å². The Balaban J connectivity index is 1.45. The van der Waals surface area contributed by atoms with Gasteiger partial charge in [0.25, 0.3) is 0 Å². The lowest BCUT2D eigenvalue weighted by atomic mass is 10.2. The van der Waals surface area contributed by atoms with Gasteiger partial charge in [0.15, 0.2) is 11.5 Å². The Morgan fingerprint density at radius 2 is 1.54 bits per heavy atom. The predicted octanol–water partition coefficient (Wildman–Crippen LogP) is 5.38. The molecule has 1 aromatic heterocycles. The first-order valence-electron chi connectivity index (χ1n) is 10.6. The summed E-state index contributed by atoms with van der Waals surface area (Å²) in [6.07, 6.45) is 1.54. The number of ether oxygens (including phenoxy) is 3. The zero-order valence-corrected chi connectivity index (χ0v) is 19.5. The molecular weight excluding hydrogens is 490 g/mol. The molecule has 0 atom stereocenters. The van der Waals surface area contributed by atoms with Crippen molar-refractivity contribution >= 4 is 34.3 Å². The van der Waals surface area contributed by atoms with E-state index >= 15 is 0 Å². The molecule has 0 saturated carbocycles. The molecule has 0 fully saturated rings. The minimum Gasteiger partial charge on any atom is -0.506 e. The van der Waals surface area contributed by atoms with Gasteiger partial charge in [0.05, 0.1) is 25.4 Å². The summed E-state index contributed by atoms with van der Waals surface area (Å²) in [5.74, 6) is -0.765. The summed E-state index contributed by atoms with van der Waals surface area (Å²) >= 11 is 0. The lowest BCUT2D eigenvalue weighted by Crippen LogP contribution is -2.37. The molecule has 4 N–H and O–H groups in total. The Morgan fingerprint density at radius 1 is 0.865 bits per heavy atom. The molecule has 3 aromatic carbocycles. The van der Waals surface area contributed by atoms with Gasteiger partial charge in [-0.1, -0.05) is 6.07 Å². The molecule has 0 spiro atoms. The van der Waals surface area contributed by atoms with E-state index in [-0.39, 0.29) is 17.2 Å². The van der Waals surface area contributed by atoms with Crippen molar-refractivity contribution in [2.45, 2.75) is 0 Å². The predicted molar refractivity (Wildman–Crippen MR) is 131 cm³/mol. The van der Waals surface area contributed by atoms with E-state index in [2.05, 4.69) is 10.3 Å². The van der Waals surface area contributed by atoms with Gasteiger partial charge in [-0.25, -0.2) is 18.4 Å². The number of carbonyl (C=O) groups is 2. The van der Waals surface area contributed by atoms with Crippen LogP contribution in [-0.2, 0) is 0 Å². The third kappa shape index (κ3) is 5.59. The third-order valence-electron chi connectivity index (χ3n) is 5.08. The molecule has 4 amide bonds. The largest absolute Gasteiger partial charge is 0.506 e. The summed E-state index contributed by atoms with van der Waals surface area (Å²) in [7, 11) is 3.01. The first-order valence-corrected chi connectivity index (χ1v) is 10.6. The molecule has 0 bridgehead atoms. The van der Waals surface area contributed by atoms with Crippen LogP contribution in [0.2, 0.25) is 0 Å². The number of aromatic hydroxyl groups is 1. The number of benzene rings is 3. The summed E-state index contributed by atoms with van der Waals surface area (Å²) < 4.78 is 43.8. The van der Waals surface area contributed by atoms with Crippen LogP contribution in [0.3, 0.4) is 0 Å². The van der Waals surface area contributed by atoms with E-state index in [0.717, 1.165) is 18.2 Å². The van der Waals surface area contributed by atoms with Crippen LogP contribution in [0, 0.1) is 11.6 Å². The minimum atomic E-state index is -1.18. The quantitative estimate of drug-likeness (QED) is 0.256. The lowest BCUT2D eigenvalue weighted by molar-refractivity contribution is 0.240. The van der Waals surface area contributed by atoms with Crippen molar-refractivity contribution in [2.24, 2.45) is 0 Å². The van der Waals surface area contributed by atoms with Crippen molar-refractivity contribution < 1.29 is 37.7 Å². The van der Waals surface area contributed by atoms with Gasteiger partial charge in [-0.15, -0.1) is 0 Å². The van der Waals surface area contributed by atoms with Crippen LogP contribution >= 0.6 is 0 Å². The van der Waals surface area contributed by atoms with Crippen LogP contribution < -0.4 is 30.2 Å². The number of hydrogen-bond donors (Lipinski definition) is 4. The number of pyridine rings is 1. The third-order valence-corrected chi connectivity index (χ3v) is 5.08. The molecule has 0 unspecified atom stereocenters. The molecule has 0 saturated heterocycles. The molecular formula is C25H20F2N4O6. The van der Waals surface area contributed by atoms with Crippen molar-refractivity contribution in [3.8, 4) is 28.7 Å². The maximum absolute atomic E-state index is 13.7. The van der Waals surface area contributed by atoms with Crippen LogP contribution in [-0.4, -0.2) is 36.4 Å². The number of fused-ring (bicyclic) bond motifs is 1. The zero-order valence-electron chi connectivity index (χ0n) is 19.5. The number of urea groups is 2. The number of methoxy groups -OCH3 is 2. The summed E-state index contributed by atoms with van der Waals surface area (Å²) in [5, 5.41) is 17.0. The molecule has 37 heavy (non-hydrogen) atoms. The molecule has 4 aromatic rings. The van der Waals surface area contributed by atoms with Gasteiger partial charge in [-0.2, -0.15) is 0 Å². The van der Waals surface area contributed by atoms with Gasteiger partial charge in [0.1, 0.15) is 34.6 Å². The van der Waals surface area contributed by atoms with Crippen LogP contribution in [0.25, 0.3) is 10.9 Å². The van der Waals surface area contributed by atoms with E-state index in [1.165, 1.54) is 32.4 Å². The van der Waals surface area contributed by atoms with E-state index in [0.29, 0.717) is 28.2 Å². The number of halogens is 2. The molecule has 0 aliphatic heterocycles. The van der Waals surface area contributed by atoms with Crippen molar-refractivity contribution in [1.82, 2.24) is 10.3 Å². The normalized spacial score (nSPS) is 10.5. The highest BCUT2D eigenvalue weighted by atomic mass is 19.1. The number of amides is 4. The summed E-state index contributed by atoms with van der Waals surface area (Å²) in [6, 6.07) is 9.86. The first-order chi connectivity index (χ1) is 17.8. The van der Waals surface area contributed by atoms with Crippen LogP contribution in [0.15, 0.2) is 60.8 Å². The van der Waals surface area contributed by atoms with E-state index in [1.54, 1.807) is 24.4 Å². The molecule has 4 rings (SSSR count). The average Bonchev–Trinajstić information content (AvgIpc) is 2.87. The van der Waals surface area contributed by atoms with Crippen molar-refractivity contribution in [3.63, 3.8) is 0 Å². The second-order valence-electron chi connectivity index (χ2n) is 7.44. The van der Waals surface area contributed by atoms with Crippen molar-refractivity contribution in [3.05, 3.63) is 72.4 Å². The molecule has 0 radical (unpaired) electrons. The highest BCUT2D eigenvalue weighted by Gasteiger charge is 2.16. The van der Waals surface area contributed by atoms with Gasteiger partial charge < -0.3 is 30.0 Å². The molecule has 12 heteroatoms. The Kier molecular flexibility index (Phi) is 7.19. The van der Waals surface area contributed by atoms with Gasteiger partial charge in [0, 0.05) is 23.7 Å². The monoisotopic (exact) mass is 510 g/mol. The standard InChI is InChI=1S/C25H20F2N4O6/c1-35-21-11-14-18(12-22(21)36-2)28-9-8-20(14)37-13-6-7-17(19(32)10-13)29-24(33)31-25(34)30-23-15(26)4-3-5-16(23)27/h3-12,32H,1-2H3,(H3,29,30,31,33,34). The number of hydrogen-bond acceptors (Lipinski definition) is 7. The topological polar surface area (TPSA) is 131 Å². The van der Waals surface area contributed by atoms with E-state index in [4.69, 9.17) is 14.2 Å². The molecule has 0 aliphatic carbocycles. The van der Waals surface area contributed by atoms with Crippen LogP contribution in [0.4, 0.5) is 29.7 Å². The van der Waals surface area contributed by atoms with Gasteiger partial charge >= 0.3 is 12.1 Å². The second-order valence-corrected chi connectivity index (χ2v) is 7.44. The Hall–Kier alpha value is -5.13. The number of carbonyl (C=O) groups excluding carboxylic acids is 2. The average molecular weight is 510 g/mol. The Labute approximate surface area is 208 Å². The van der Waals surface area contributed by atoms with Crippen LogP contribution in [0.5, 0.6) is 28.7 Å². The van der Waals surface area contributed by atoms with Crippen molar-refractivity contribution in [2.75, 3.05) is 24.9 Å². The van der Waals surface area contributed by atoms with E-state index in [9.17, 15) is 23.5 Å². The highest BCUT2D eigenvalue weighted by molar-refractivity contribution is 6.05. The summed E-state index contributed by atoms with van der Waals surface area (Å²) in [6.45, 7) is 0. The number of phenolic OH excluding ortho intramolecular Hbond substituents is 1. The molecule has 10 nitrogen and oxygen atoms in total. The second kappa shape index (κ2) is 10.6. The van der Waals surface area contributed by atoms with Gasteiger partial charge in [-0.05, 0) is 36.4 Å². The molecule has 0 aliphatic rings. The number of anilines is 2. The Morgan fingerprint density at radius 3 is 2.22 bits per heavy atom. The number of nitrogens with one attached hydrogen (secondary N) is 3. The minimum absolute atomic E-state index is 0.0549. The smallest absolute Gasteiger partial charge is 0.327 e. The fourth-order valence-corrected chi connectivity index (χ4v) is 3.36. The summed E-state index contributed by atoms with van der Waals surface area (Å²) in [4.78, 5) is 28.4. The molecule has 190 valence electrons. The number of rotatable bonds is 6. The zero-order chi connectivity index (χ0) is 26.5. The molecule has 1 heterocycles. The number of phenols is 1. The Bertz CT molecular complexity index is 1480. The van der Waals surface area contributed by atoms with E-state index in [1.807, 2.05) is 10.6 Å². The van der Waals surface area contributed by atoms with E-state index < -0.39 is 29.4 Å². The maximum Gasteiger partial charge on any atom is 0.327 e.